The highest BCUT2D eigenvalue weighted by Crippen LogP contribution is 2.32. The first-order chi connectivity index (χ1) is 9.66. The Hall–Kier alpha value is -1.85. The van der Waals surface area contributed by atoms with Gasteiger partial charge in [0.25, 0.3) is 5.56 Å². The molecule has 2 heterocycles. The number of benzene rings is 1. The van der Waals surface area contributed by atoms with E-state index < -0.39 is 5.56 Å². The van der Waals surface area contributed by atoms with Crippen molar-refractivity contribution in [1.82, 2.24) is 9.97 Å². The van der Waals surface area contributed by atoms with Gasteiger partial charge in [0.15, 0.2) is 0 Å². The Labute approximate surface area is 120 Å². The van der Waals surface area contributed by atoms with Crippen molar-refractivity contribution in [3.05, 3.63) is 45.5 Å². The number of aromatic hydroxyl groups is 1. The van der Waals surface area contributed by atoms with Crippen molar-refractivity contribution in [2.75, 3.05) is 6.61 Å². The highest BCUT2D eigenvalue weighted by molar-refractivity contribution is 6.33. The molecule has 0 amide bonds. The van der Waals surface area contributed by atoms with Crippen LogP contribution in [0.15, 0.2) is 29.1 Å². The maximum atomic E-state index is 12.2. The number of rotatable bonds is 2. The molecule has 1 unspecified atom stereocenters. The summed E-state index contributed by atoms with van der Waals surface area (Å²) in [7, 11) is 0. The Morgan fingerprint density at radius 1 is 1.40 bits per heavy atom. The highest BCUT2D eigenvalue weighted by atomic mass is 35.5. The quantitative estimate of drug-likeness (QED) is 0.892. The average molecular weight is 293 g/mol. The molecule has 2 N–H and O–H groups in total. The Bertz CT molecular complexity index is 693. The molecule has 1 aromatic carbocycles. The van der Waals surface area contributed by atoms with Gasteiger partial charge in [0, 0.05) is 17.2 Å². The van der Waals surface area contributed by atoms with E-state index in [0.717, 1.165) is 12.8 Å². The number of halogens is 1. The Morgan fingerprint density at radius 2 is 2.20 bits per heavy atom. The smallest absolute Gasteiger partial charge is 0.262 e. The maximum absolute atomic E-state index is 12.2. The summed E-state index contributed by atoms with van der Waals surface area (Å²) in [5.41, 5.74) is 0.118. The second-order valence-electron chi connectivity index (χ2n) is 4.63. The number of hydrogen-bond acceptors (Lipinski definition) is 4. The molecule has 1 aliphatic heterocycles. The zero-order valence-electron chi connectivity index (χ0n) is 10.6. The second kappa shape index (κ2) is 5.26. The predicted octanol–water partition coefficient (Wildman–Crippen LogP) is 2.65. The van der Waals surface area contributed by atoms with Crippen LogP contribution >= 0.6 is 11.6 Å². The fraction of sp³-hybridized carbons (Fsp3) is 0.286. The van der Waals surface area contributed by atoms with E-state index in [1.165, 1.54) is 0 Å². The maximum Gasteiger partial charge on any atom is 0.262 e. The van der Waals surface area contributed by atoms with E-state index in [9.17, 15) is 9.90 Å². The minimum absolute atomic E-state index is 0.0809. The minimum Gasteiger partial charge on any atom is -0.493 e. The molecule has 1 atom stereocenters. The summed E-state index contributed by atoms with van der Waals surface area (Å²) in [4.78, 5) is 18.9. The van der Waals surface area contributed by atoms with Crippen LogP contribution in [0.2, 0.25) is 5.02 Å². The molecule has 104 valence electrons. The Balaban J connectivity index is 2.10. The number of H-pyrrole nitrogens is 1. The molecule has 6 heteroatoms. The molecule has 5 nitrogen and oxygen atoms in total. The number of nitrogens with one attached hydrogen (secondary N) is 1. The molecule has 0 bridgehead atoms. The molecule has 1 fully saturated rings. The second-order valence-corrected chi connectivity index (χ2v) is 5.04. The van der Waals surface area contributed by atoms with E-state index in [2.05, 4.69) is 9.97 Å². The van der Waals surface area contributed by atoms with Crippen molar-refractivity contribution in [3.8, 4) is 17.0 Å². The van der Waals surface area contributed by atoms with Crippen molar-refractivity contribution in [2.45, 2.75) is 18.9 Å². The van der Waals surface area contributed by atoms with Crippen LogP contribution in [0, 0.1) is 0 Å². The summed E-state index contributed by atoms with van der Waals surface area (Å²) in [6, 6.07) is 6.82. The lowest BCUT2D eigenvalue weighted by Crippen LogP contribution is -2.16. The van der Waals surface area contributed by atoms with Gasteiger partial charge in [0.2, 0.25) is 5.88 Å². The van der Waals surface area contributed by atoms with E-state index in [1.54, 1.807) is 24.3 Å². The molecule has 2 aromatic rings. The van der Waals surface area contributed by atoms with E-state index >= 15 is 0 Å². The van der Waals surface area contributed by atoms with Crippen LogP contribution < -0.4 is 5.56 Å². The predicted molar refractivity (Wildman–Crippen MR) is 74.9 cm³/mol. The number of ether oxygens (including phenoxy) is 1. The van der Waals surface area contributed by atoms with E-state index in [-0.39, 0.29) is 17.5 Å². The summed E-state index contributed by atoms with van der Waals surface area (Å²) in [6.07, 6.45) is 1.45. The van der Waals surface area contributed by atoms with E-state index in [1.807, 2.05) is 0 Å². The van der Waals surface area contributed by atoms with Crippen molar-refractivity contribution in [2.24, 2.45) is 0 Å². The third-order valence-corrected chi connectivity index (χ3v) is 3.63. The normalized spacial score (nSPS) is 18.4. The monoisotopic (exact) mass is 292 g/mol. The zero-order valence-corrected chi connectivity index (χ0v) is 11.4. The first kappa shape index (κ1) is 13.1. The lowest BCUT2D eigenvalue weighted by molar-refractivity contribution is 0.104. The van der Waals surface area contributed by atoms with Crippen LogP contribution in [-0.4, -0.2) is 21.7 Å². The van der Waals surface area contributed by atoms with E-state index in [4.69, 9.17) is 16.3 Å². The third-order valence-electron chi connectivity index (χ3n) is 3.30. The molecule has 20 heavy (non-hydrogen) atoms. The topological polar surface area (TPSA) is 75.2 Å². The summed E-state index contributed by atoms with van der Waals surface area (Å²) in [6.45, 7) is 0.640. The van der Waals surface area contributed by atoms with Crippen LogP contribution in [0.5, 0.6) is 5.88 Å². The molecule has 1 aliphatic rings. The molecule has 0 saturated carbocycles. The van der Waals surface area contributed by atoms with Gasteiger partial charge < -0.3 is 14.8 Å². The van der Waals surface area contributed by atoms with Gasteiger partial charge in [0.05, 0.1) is 0 Å². The zero-order chi connectivity index (χ0) is 14.1. The third kappa shape index (κ3) is 2.30. The average Bonchev–Trinajstić information content (AvgIpc) is 2.94. The first-order valence-corrected chi connectivity index (χ1v) is 6.74. The molecule has 0 radical (unpaired) electrons. The summed E-state index contributed by atoms with van der Waals surface area (Å²) in [5, 5.41) is 10.5. The summed E-state index contributed by atoms with van der Waals surface area (Å²) >= 11 is 6.05. The molecule has 0 aliphatic carbocycles. The van der Waals surface area contributed by atoms with Gasteiger partial charge in [0.1, 0.15) is 17.5 Å². The van der Waals surface area contributed by atoms with Crippen molar-refractivity contribution >= 4 is 11.6 Å². The fourth-order valence-corrected chi connectivity index (χ4v) is 2.56. The van der Waals surface area contributed by atoms with Gasteiger partial charge in [-0.3, -0.25) is 4.79 Å². The largest absolute Gasteiger partial charge is 0.493 e. The lowest BCUT2D eigenvalue weighted by atomic mass is 10.1. The minimum atomic E-state index is -0.420. The molecule has 0 spiro atoms. The van der Waals surface area contributed by atoms with Crippen LogP contribution in [0.1, 0.15) is 24.8 Å². The number of nitrogens with zero attached hydrogens (tertiary/aromatic N) is 1. The molecule has 3 rings (SSSR count). The van der Waals surface area contributed by atoms with Crippen LogP contribution in [0.3, 0.4) is 0 Å². The van der Waals surface area contributed by atoms with Gasteiger partial charge in [-0.05, 0) is 18.9 Å². The standard InChI is InChI=1S/C14H13ClN2O3/c15-9-5-2-1-4-8(9)11-13(18)16-12(17-14(11)19)10-6-3-7-20-10/h1-2,4-5,10H,3,6-7H2,(H2,16,17,18,19). The Kier molecular flexibility index (Phi) is 3.46. The Morgan fingerprint density at radius 3 is 2.85 bits per heavy atom. The lowest BCUT2D eigenvalue weighted by Gasteiger charge is -2.11. The first-order valence-electron chi connectivity index (χ1n) is 6.36. The number of aromatic nitrogens is 2. The van der Waals surface area contributed by atoms with Crippen LogP contribution in [0.25, 0.3) is 11.1 Å². The van der Waals surface area contributed by atoms with E-state index in [0.29, 0.717) is 23.0 Å². The van der Waals surface area contributed by atoms with Crippen molar-refractivity contribution in [1.29, 1.82) is 0 Å². The van der Waals surface area contributed by atoms with Gasteiger partial charge in [-0.15, -0.1) is 0 Å². The summed E-state index contributed by atoms with van der Waals surface area (Å²) < 4.78 is 5.45. The number of aromatic amines is 1. The van der Waals surface area contributed by atoms with Crippen LogP contribution in [-0.2, 0) is 4.74 Å². The van der Waals surface area contributed by atoms with Crippen molar-refractivity contribution in [3.63, 3.8) is 0 Å². The van der Waals surface area contributed by atoms with Gasteiger partial charge in [-0.25, -0.2) is 0 Å². The molecular formula is C14H13ClN2O3. The highest BCUT2D eigenvalue weighted by Gasteiger charge is 2.23. The number of hydrogen-bond donors (Lipinski definition) is 2. The SMILES string of the molecule is O=c1[nH]c(C2CCCO2)nc(O)c1-c1ccccc1Cl. The van der Waals surface area contributed by atoms with Gasteiger partial charge in [-0.2, -0.15) is 4.98 Å². The summed E-state index contributed by atoms with van der Waals surface area (Å²) in [5.74, 6) is 0.0353. The van der Waals surface area contributed by atoms with Crippen LogP contribution in [0.4, 0.5) is 0 Å². The molecule has 1 saturated heterocycles. The van der Waals surface area contributed by atoms with Crippen molar-refractivity contribution < 1.29 is 9.84 Å². The van der Waals surface area contributed by atoms with Gasteiger partial charge in [-0.1, -0.05) is 29.8 Å². The molecular weight excluding hydrogens is 280 g/mol. The van der Waals surface area contributed by atoms with Gasteiger partial charge >= 0.3 is 0 Å². The fourth-order valence-electron chi connectivity index (χ4n) is 2.33. The molecule has 1 aromatic heterocycles.